The number of carbonyl (C=O) groups is 2. The zero-order valence-corrected chi connectivity index (χ0v) is 12.8. The van der Waals surface area contributed by atoms with E-state index in [-0.39, 0.29) is 18.0 Å². The van der Waals surface area contributed by atoms with Gasteiger partial charge in [-0.05, 0) is 26.0 Å². The van der Waals surface area contributed by atoms with E-state index >= 15 is 0 Å². The summed E-state index contributed by atoms with van der Waals surface area (Å²) in [5.41, 5.74) is 0.768. The first kappa shape index (κ1) is 15.8. The van der Waals surface area contributed by atoms with Crippen LogP contribution >= 0.6 is 11.3 Å². The number of rotatable bonds is 8. The van der Waals surface area contributed by atoms with Crippen molar-refractivity contribution in [2.75, 3.05) is 13.2 Å². The molecule has 112 valence electrons. The Balaban J connectivity index is 2.07. The molecule has 0 bridgehead atoms. The lowest BCUT2D eigenvalue weighted by molar-refractivity contribution is -0.166. The first-order valence-electron chi connectivity index (χ1n) is 6.80. The Kier molecular flexibility index (Phi) is 5.55. The van der Waals surface area contributed by atoms with Crippen molar-refractivity contribution in [3.05, 3.63) is 29.3 Å². The third-order valence-electron chi connectivity index (χ3n) is 2.77. The summed E-state index contributed by atoms with van der Waals surface area (Å²) < 4.78 is 11.3. The van der Waals surface area contributed by atoms with Crippen LogP contribution in [0.25, 0.3) is 10.2 Å². The second kappa shape index (κ2) is 7.40. The monoisotopic (exact) mass is 307 g/mol. The molecule has 0 aliphatic heterocycles. The number of hydrogen-bond acceptors (Lipinski definition) is 6. The highest BCUT2D eigenvalue weighted by Crippen LogP contribution is 2.22. The molecule has 1 heterocycles. The fraction of sp³-hybridized carbons (Fsp3) is 0.400. The van der Waals surface area contributed by atoms with Crippen molar-refractivity contribution in [3.63, 3.8) is 0 Å². The van der Waals surface area contributed by atoms with Crippen LogP contribution in [0.5, 0.6) is 0 Å². The molecule has 0 atom stereocenters. The maximum atomic E-state index is 12.2. The van der Waals surface area contributed by atoms with E-state index in [1.54, 1.807) is 13.8 Å². The Hall–Kier alpha value is -1.63. The second-order valence-corrected chi connectivity index (χ2v) is 5.33. The largest absolute Gasteiger partial charge is 0.346 e. The van der Waals surface area contributed by atoms with Crippen LogP contribution in [0.3, 0.4) is 0 Å². The van der Waals surface area contributed by atoms with Gasteiger partial charge in [0.25, 0.3) is 0 Å². The van der Waals surface area contributed by atoms with Crippen molar-refractivity contribution in [2.45, 2.75) is 26.6 Å². The highest BCUT2D eigenvalue weighted by molar-refractivity contribution is 7.20. The molecule has 0 aliphatic rings. The maximum Gasteiger partial charge on any atom is 0.218 e. The predicted molar refractivity (Wildman–Crippen MR) is 80.6 cm³/mol. The molecule has 1 aromatic heterocycles. The van der Waals surface area contributed by atoms with Gasteiger partial charge in [0, 0.05) is 13.2 Å². The number of ether oxygens (including phenoxy) is 2. The highest BCUT2D eigenvalue weighted by atomic mass is 32.1. The number of ketones is 2. The molecule has 0 saturated heterocycles. The number of carbonyl (C=O) groups excluding carboxylic acids is 2. The summed E-state index contributed by atoms with van der Waals surface area (Å²) in [7, 11) is 0. The van der Waals surface area contributed by atoms with Gasteiger partial charge < -0.3 is 9.47 Å². The van der Waals surface area contributed by atoms with Gasteiger partial charge in [-0.25, -0.2) is 4.98 Å². The lowest BCUT2D eigenvalue weighted by atomic mass is 10.2. The Morgan fingerprint density at radius 3 is 2.48 bits per heavy atom. The number of nitrogens with zero attached hydrogens (tertiary/aromatic N) is 1. The first-order valence-corrected chi connectivity index (χ1v) is 7.62. The first-order chi connectivity index (χ1) is 10.2. The van der Waals surface area contributed by atoms with Gasteiger partial charge in [0.2, 0.25) is 6.29 Å². The Labute approximate surface area is 126 Å². The standard InChI is InChI=1S/C15H17NO4S/c1-3-19-15(20-4-2)12(18)9-11(17)14-16-10-7-5-6-8-13(10)21-14/h5-8,15H,3-4,9H2,1-2H3. The van der Waals surface area contributed by atoms with Crippen LogP contribution in [0.15, 0.2) is 24.3 Å². The van der Waals surface area contributed by atoms with Gasteiger partial charge in [0.15, 0.2) is 16.6 Å². The van der Waals surface area contributed by atoms with E-state index in [9.17, 15) is 9.59 Å². The number of fused-ring (bicyclic) bond motifs is 1. The van der Waals surface area contributed by atoms with E-state index in [4.69, 9.17) is 9.47 Å². The zero-order chi connectivity index (χ0) is 15.2. The van der Waals surface area contributed by atoms with E-state index in [0.717, 1.165) is 10.2 Å². The molecule has 6 heteroatoms. The summed E-state index contributed by atoms with van der Waals surface area (Å²) in [6.07, 6.45) is -1.23. The quantitative estimate of drug-likeness (QED) is 0.426. The summed E-state index contributed by atoms with van der Waals surface area (Å²) in [6.45, 7) is 4.25. The van der Waals surface area contributed by atoms with Crippen LogP contribution in [-0.2, 0) is 14.3 Å². The highest BCUT2D eigenvalue weighted by Gasteiger charge is 2.24. The van der Waals surface area contributed by atoms with Gasteiger partial charge in [-0.1, -0.05) is 12.1 Å². The average molecular weight is 307 g/mol. The van der Waals surface area contributed by atoms with Crippen molar-refractivity contribution in [1.82, 2.24) is 4.98 Å². The second-order valence-electron chi connectivity index (χ2n) is 4.30. The molecule has 5 nitrogen and oxygen atoms in total. The molecule has 21 heavy (non-hydrogen) atoms. The summed E-state index contributed by atoms with van der Waals surface area (Å²) in [5, 5.41) is 0.344. The summed E-state index contributed by atoms with van der Waals surface area (Å²) in [4.78, 5) is 28.4. The van der Waals surface area contributed by atoms with Crippen LogP contribution < -0.4 is 0 Å². The van der Waals surface area contributed by atoms with Gasteiger partial charge >= 0.3 is 0 Å². The summed E-state index contributed by atoms with van der Waals surface area (Å²) in [6, 6.07) is 7.49. The zero-order valence-electron chi connectivity index (χ0n) is 12.0. The SMILES string of the molecule is CCOC(OCC)C(=O)CC(=O)c1nc2ccccc2s1. The number of thiazole rings is 1. The van der Waals surface area contributed by atoms with Crippen molar-refractivity contribution in [1.29, 1.82) is 0 Å². The maximum absolute atomic E-state index is 12.2. The molecule has 0 aliphatic carbocycles. The molecule has 0 N–H and O–H groups in total. The fourth-order valence-electron chi connectivity index (χ4n) is 1.85. The predicted octanol–water partition coefficient (Wildman–Crippen LogP) is 2.84. The molecule has 0 saturated carbocycles. The normalized spacial score (nSPS) is 11.2. The van der Waals surface area contributed by atoms with Crippen molar-refractivity contribution < 1.29 is 19.1 Å². The molecule has 0 radical (unpaired) electrons. The number of Topliss-reactive ketones (excluding diaryl/α,β-unsaturated/α-hetero) is 2. The molecule has 2 aromatic rings. The molecular weight excluding hydrogens is 290 g/mol. The number of aromatic nitrogens is 1. The summed E-state index contributed by atoms with van der Waals surface area (Å²) >= 11 is 1.29. The average Bonchev–Trinajstić information content (AvgIpc) is 2.91. The molecule has 1 aromatic carbocycles. The molecule has 0 spiro atoms. The number of hydrogen-bond donors (Lipinski definition) is 0. The van der Waals surface area contributed by atoms with Gasteiger partial charge in [0.1, 0.15) is 0 Å². The molecule has 0 unspecified atom stereocenters. The lowest BCUT2D eigenvalue weighted by Gasteiger charge is -2.14. The summed E-state index contributed by atoms with van der Waals surface area (Å²) in [5.74, 6) is -0.673. The molecule has 0 fully saturated rings. The van der Waals surface area contributed by atoms with E-state index in [1.807, 2.05) is 24.3 Å². The number of benzene rings is 1. The Morgan fingerprint density at radius 2 is 1.86 bits per heavy atom. The van der Waals surface area contributed by atoms with Crippen LogP contribution in [-0.4, -0.2) is 36.1 Å². The molecule has 2 rings (SSSR count). The third kappa shape index (κ3) is 3.93. The topological polar surface area (TPSA) is 65.5 Å². The van der Waals surface area contributed by atoms with E-state index in [2.05, 4.69) is 4.98 Å². The number of para-hydroxylation sites is 1. The van der Waals surface area contributed by atoms with E-state index in [1.165, 1.54) is 11.3 Å². The van der Waals surface area contributed by atoms with E-state index < -0.39 is 6.29 Å². The molecule has 0 amide bonds. The third-order valence-corrected chi connectivity index (χ3v) is 3.84. The van der Waals surface area contributed by atoms with E-state index in [0.29, 0.717) is 18.2 Å². The Bertz CT molecular complexity index is 598. The Morgan fingerprint density at radius 1 is 1.19 bits per heavy atom. The van der Waals surface area contributed by atoms with Gasteiger partial charge in [-0.15, -0.1) is 11.3 Å². The van der Waals surface area contributed by atoms with Gasteiger partial charge in [-0.3, -0.25) is 9.59 Å². The minimum absolute atomic E-state index is 0.259. The van der Waals surface area contributed by atoms with Crippen LogP contribution in [0.4, 0.5) is 0 Å². The van der Waals surface area contributed by atoms with Crippen LogP contribution in [0.2, 0.25) is 0 Å². The fourth-order valence-corrected chi connectivity index (χ4v) is 2.75. The van der Waals surface area contributed by atoms with Gasteiger partial charge in [-0.2, -0.15) is 0 Å². The van der Waals surface area contributed by atoms with Crippen molar-refractivity contribution in [2.24, 2.45) is 0 Å². The lowest BCUT2D eigenvalue weighted by Crippen LogP contribution is -2.29. The van der Waals surface area contributed by atoms with Crippen molar-refractivity contribution >= 4 is 33.1 Å². The minimum Gasteiger partial charge on any atom is -0.346 e. The van der Waals surface area contributed by atoms with Crippen molar-refractivity contribution in [3.8, 4) is 0 Å². The smallest absolute Gasteiger partial charge is 0.218 e. The van der Waals surface area contributed by atoms with Gasteiger partial charge in [0.05, 0.1) is 16.6 Å². The van der Waals surface area contributed by atoms with Crippen LogP contribution in [0.1, 0.15) is 30.1 Å². The van der Waals surface area contributed by atoms with Crippen LogP contribution in [0, 0.1) is 0 Å². The molecular formula is C15H17NO4S. The minimum atomic E-state index is -0.974.